The summed E-state index contributed by atoms with van der Waals surface area (Å²) in [5.41, 5.74) is -0.668. The van der Waals surface area contributed by atoms with E-state index in [1.54, 1.807) is 25.7 Å². The highest BCUT2D eigenvalue weighted by Gasteiger charge is 2.34. The Balaban J connectivity index is 1.65. The van der Waals surface area contributed by atoms with E-state index in [4.69, 9.17) is 9.47 Å². The van der Waals surface area contributed by atoms with Crippen LogP contribution < -0.4 is 20.4 Å². The van der Waals surface area contributed by atoms with Crippen LogP contribution in [-0.4, -0.2) is 63.2 Å². The van der Waals surface area contributed by atoms with Crippen LogP contribution in [0.1, 0.15) is 20.8 Å². The molecule has 0 spiro atoms. The highest BCUT2D eigenvalue weighted by atomic mass is 19.1. The van der Waals surface area contributed by atoms with Gasteiger partial charge in [-0.1, -0.05) is 0 Å². The molecular formula is C19H26F2N4O4. The summed E-state index contributed by atoms with van der Waals surface area (Å²) in [7, 11) is 0. The number of carbonyl (C=O) groups is 2. The molecule has 1 atom stereocenters. The Bertz CT molecular complexity index is 755. The lowest BCUT2D eigenvalue weighted by Crippen LogP contribution is -2.44. The fourth-order valence-corrected chi connectivity index (χ4v) is 3.25. The predicted molar refractivity (Wildman–Crippen MR) is 103 cm³/mol. The molecule has 0 radical (unpaired) electrons. The number of carbonyl (C=O) groups excluding carboxylic acids is 2. The summed E-state index contributed by atoms with van der Waals surface area (Å²) >= 11 is 0. The fourth-order valence-electron chi connectivity index (χ4n) is 3.25. The Morgan fingerprint density at radius 1 is 1.28 bits per heavy atom. The van der Waals surface area contributed by atoms with Gasteiger partial charge in [-0.15, -0.1) is 0 Å². The molecule has 0 aliphatic carbocycles. The van der Waals surface area contributed by atoms with Crippen molar-refractivity contribution >= 4 is 23.6 Å². The van der Waals surface area contributed by atoms with E-state index in [2.05, 4.69) is 10.6 Å². The first-order valence-electron chi connectivity index (χ1n) is 9.54. The van der Waals surface area contributed by atoms with E-state index in [0.29, 0.717) is 26.2 Å². The second kappa shape index (κ2) is 8.40. The molecule has 2 aliphatic rings. The first-order valence-corrected chi connectivity index (χ1v) is 9.54. The second-order valence-corrected chi connectivity index (χ2v) is 7.99. The first-order chi connectivity index (χ1) is 13.6. The van der Waals surface area contributed by atoms with Gasteiger partial charge in [0.25, 0.3) is 0 Å². The lowest BCUT2D eigenvalue weighted by atomic mass is 10.2. The third kappa shape index (κ3) is 5.26. The maximum Gasteiger partial charge on any atom is 0.414 e. The number of rotatable bonds is 4. The van der Waals surface area contributed by atoms with Crippen LogP contribution in [0.3, 0.4) is 0 Å². The molecule has 160 valence electrons. The number of piperazine rings is 1. The van der Waals surface area contributed by atoms with Gasteiger partial charge in [0.2, 0.25) is 0 Å². The molecule has 29 heavy (non-hydrogen) atoms. The zero-order chi connectivity index (χ0) is 21.2. The highest BCUT2D eigenvalue weighted by Crippen LogP contribution is 2.31. The van der Waals surface area contributed by atoms with Gasteiger partial charge in [-0.05, 0) is 20.8 Å². The van der Waals surface area contributed by atoms with Gasteiger partial charge in [-0.3, -0.25) is 4.90 Å². The smallest absolute Gasteiger partial charge is 0.414 e. The van der Waals surface area contributed by atoms with Gasteiger partial charge >= 0.3 is 12.2 Å². The second-order valence-electron chi connectivity index (χ2n) is 7.99. The lowest BCUT2D eigenvalue weighted by molar-refractivity contribution is 0.0496. The van der Waals surface area contributed by atoms with Crippen LogP contribution in [0.4, 0.5) is 29.7 Å². The number of amides is 2. The van der Waals surface area contributed by atoms with E-state index in [0.717, 1.165) is 17.0 Å². The maximum atomic E-state index is 14.6. The molecule has 0 bridgehead atoms. The molecule has 0 aromatic heterocycles. The van der Waals surface area contributed by atoms with Crippen LogP contribution in [0.15, 0.2) is 12.1 Å². The van der Waals surface area contributed by atoms with Crippen LogP contribution in [0.25, 0.3) is 0 Å². The standard InChI is InChI=1S/C19H26F2N4O4/c1-19(2,3)29-17(26)23-10-13-11-25(18(27)28-13)12-8-14(20)16(15(21)9-12)24-6-4-22-5-7-24/h8-9,13,22H,4-7,10-11H2,1-3H3,(H,23,26)/t13-/m0/s1. The number of hydrogen-bond acceptors (Lipinski definition) is 6. The van der Waals surface area contributed by atoms with E-state index < -0.39 is 35.5 Å². The Morgan fingerprint density at radius 3 is 2.48 bits per heavy atom. The van der Waals surface area contributed by atoms with Gasteiger partial charge < -0.3 is 25.0 Å². The van der Waals surface area contributed by atoms with Crippen LogP contribution in [0, 0.1) is 11.6 Å². The predicted octanol–water partition coefficient (Wildman–Crippen LogP) is 2.22. The minimum atomic E-state index is -0.731. The summed E-state index contributed by atoms with van der Waals surface area (Å²) in [5, 5.41) is 5.65. The van der Waals surface area contributed by atoms with Crippen molar-refractivity contribution in [3.05, 3.63) is 23.8 Å². The van der Waals surface area contributed by atoms with Crippen LogP contribution in [-0.2, 0) is 9.47 Å². The minimum absolute atomic E-state index is 0.0287. The number of anilines is 2. The summed E-state index contributed by atoms with van der Waals surface area (Å²) in [5.74, 6) is -1.46. The minimum Gasteiger partial charge on any atom is -0.444 e. The molecule has 2 amide bonds. The van der Waals surface area contributed by atoms with Crippen molar-refractivity contribution in [2.45, 2.75) is 32.5 Å². The molecule has 2 heterocycles. The number of nitrogens with one attached hydrogen (secondary N) is 2. The van der Waals surface area contributed by atoms with Gasteiger partial charge in [0.1, 0.15) is 17.4 Å². The largest absolute Gasteiger partial charge is 0.444 e. The molecule has 1 aromatic carbocycles. The molecule has 10 heteroatoms. The normalized spacial score (nSPS) is 19.9. The van der Waals surface area contributed by atoms with Crippen LogP contribution in [0.5, 0.6) is 0 Å². The summed E-state index contributed by atoms with van der Waals surface area (Å²) < 4.78 is 39.6. The van der Waals surface area contributed by atoms with Gasteiger partial charge in [-0.25, -0.2) is 18.4 Å². The Morgan fingerprint density at radius 2 is 1.90 bits per heavy atom. The summed E-state index contributed by atoms with van der Waals surface area (Å²) in [6.45, 7) is 7.57. The van der Waals surface area contributed by atoms with Crippen LogP contribution >= 0.6 is 0 Å². The van der Waals surface area contributed by atoms with Gasteiger partial charge in [-0.2, -0.15) is 0 Å². The molecule has 2 fully saturated rings. The number of ether oxygens (including phenoxy) is 2. The van der Waals surface area contributed by atoms with Crippen LogP contribution in [0.2, 0.25) is 0 Å². The summed E-state index contributed by atoms with van der Waals surface area (Å²) in [4.78, 5) is 26.7. The summed E-state index contributed by atoms with van der Waals surface area (Å²) in [6.07, 6.45) is -2.02. The zero-order valence-electron chi connectivity index (χ0n) is 16.8. The number of alkyl carbamates (subject to hydrolysis) is 1. The Labute approximate surface area is 168 Å². The average Bonchev–Trinajstić information content (AvgIpc) is 3.00. The van der Waals surface area contributed by atoms with E-state index >= 15 is 0 Å². The Hall–Kier alpha value is -2.62. The average molecular weight is 412 g/mol. The van der Waals surface area contributed by atoms with Gasteiger partial charge in [0.05, 0.1) is 18.8 Å². The molecule has 0 saturated carbocycles. The monoisotopic (exact) mass is 412 g/mol. The third-order valence-corrected chi connectivity index (χ3v) is 4.49. The van der Waals surface area contributed by atoms with E-state index in [-0.39, 0.29) is 24.5 Å². The molecule has 3 rings (SSSR count). The third-order valence-electron chi connectivity index (χ3n) is 4.49. The number of cyclic esters (lactones) is 1. The number of hydrogen-bond donors (Lipinski definition) is 2. The van der Waals surface area contributed by atoms with Crippen molar-refractivity contribution < 1.29 is 27.8 Å². The van der Waals surface area contributed by atoms with Crippen molar-refractivity contribution in [1.29, 1.82) is 0 Å². The molecule has 0 unspecified atom stereocenters. The van der Waals surface area contributed by atoms with E-state index in [1.165, 1.54) is 0 Å². The molecule has 2 saturated heterocycles. The number of nitrogens with zero attached hydrogens (tertiary/aromatic N) is 2. The van der Waals surface area contributed by atoms with E-state index in [1.807, 2.05) is 0 Å². The molecule has 2 aliphatic heterocycles. The SMILES string of the molecule is CC(C)(C)OC(=O)NC[C@H]1CN(c2cc(F)c(N3CCNCC3)c(F)c2)C(=O)O1. The van der Waals surface area contributed by atoms with E-state index in [9.17, 15) is 18.4 Å². The summed E-state index contributed by atoms with van der Waals surface area (Å²) in [6, 6.07) is 2.26. The fraction of sp³-hybridized carbons (Fsp3) is 0.579. The van der Waals surface area contributed by atoms with Crippen molar-refractivity contribution in [1.82, 2.24) is 10.6 Å². The highest BCUT2D eigenvalue weighted by molar-refractivity contribution is 5.90. The van der Waals surface area contributed by atoms with Gasteiger partial charge in [0.15, 0.2) is 11.6 Å². The van der Waals surface area contributed by atoms with Gasteiger partial charge in [0, 0.05) is 38.3 Å². The molecular weight excluding hydrogens is 386 g/mol. The molecule has 2 N–H and O–H groups in total. The van der Waals surface area contributed by atoms with Crippen molar-refractivity contribution in [3.63, 3.8) is 0 Å². The van der Waals surface area contributed by atoms with Crippen molar-refractivity contribution in [2.24, 2.45) is 0 Å². The molecule has 1 aromatic rings. The maximum absolute atomic E-state index is 14.6. The lowest BCUT2D eigenvalue weighted by Gasteiger charge is -2.30. The van der Waals surface area contributed by atoms with Crippen molar-refractivity contribution in [2.75, 3.05) is 49.1 Å². The molecule has 8 nitrogen and oxygen atoms in total. The number of benzene rings is 1. The zero-order valence-corrected chi connectivity index (χ0v) is 16.8. The first kappa shape index (κ1) is 21.1. The van der Waals surface area contributed by atoms with Crippen molar-refractivity contribution in [3.8, 4) is 0 Å². The Kier molecular flexibility index (Phi) is 6.11. The topological polar surface area (TPSA) is 83.1 Å². The quantitative estimate of drug-likeness (QED) is 0.789. The number of halogens is 2.